The van der Waals surface area contributed by atoms with Crippen LogP contribution in [0.5, 0.6) is 0 Å². The predicted molar refractivity (Wildman–Crippen MR) is 64.2 cm³/mol. The summed E-state index contributed by atoms with van der Waals surface area (Å²) in [5.41, 5.74) is 1.64. The molecule has 2 aromatic heterocycles. The highest BCUT2D eigenvalue weighted by Gasteiger charge is 2.36. The molecule has 96 valence electrons. The number of halogens is 3. The number of imidazole rings is 1. The van der Waals surface area contributed by atoms with Crippen molar-refractivity contribution in [2.45, 2.75) is 37.5 Å². The molecule has 3 nitrogen and oxygen atoms in total. The Hall–Kier alpha value is -1.23. The Morgan fingerprint density at radius 1 is 1.33 bits per heavy atom. The Bertz CT molecular complexity index is 572. The molecule has 0 unspecified atom stereocenters. The zero-order valence-corrected chi connectivity index (χ0v) is 10.4. The monoisotopic (exact) mass is 271 g/mol. The minimum absolute atomic E-state index is 0.0650. The van der Waals surface area contributed by atoms with E-state index in [1.807, 2.05) is 0 Å². The number of nitrogens with zero attached hydrogens (tertiary/aromatic N) is 3. The van der Waals surface area contributed by atoms with Gasteiger partial charge in [0, 0.05) is 30.8 Å². The normalized spacial score (nSPS) is 20.4. The fourth-order valence-corrected chi connectivity index (χ4v) is 2.76. The third kappa shape index (κ3) is 2.07. The zero-order valence-electron chi connectivity index (χ0n) is 9.61. The van der Waals surface area contributed by atoms with Crippen LogP contribution >= 0.6 is 11.6 Å². The summed E-state index contributed by atoms with van der Waals surface area (Å²) < 4.78 is 27.9. The van der Waals surface area contributed by atoms with Crippen LogP contribution in [0.2, 0.25) is 5.15 Å². The van der Waals surface area contributed by atoms with Crippen molar-refractivity contribution < 1.29 is 8.78 Å². The largest absolute Gasteiger partial charge is 0.248 e. The van der Waals surface area contributed by atoms with Crippen molar-refractivity contribution in [1.29, 1.82) is 0 Å². The quantitative estimate of drug-likeness (QED) is 0.792. The third-order valence-corrected chi connectivity index (χ3v) is 3.70. The summed E-state index contributed by atoms with van der Waals surface area (Å²) in [7, 11) is 0. The maximum Gasteiger partial charge on any atom is 0.248 e. The van der Waals surface area contributed by atoms with Crippen molar-refractivity contribution in [2.75, 3.05) is 0 Å². The van der Waals surface area contributed by atoms with E-state index in [0.29, 0.717) is 18.0 Å². The van der Waals surface area contributed by atoms with Crippen LogP contribution < -0.4 is 0 Å². The smallest absolute Gasteiger partial charge is 0.235 e. The molecule has 2 heterocycles. The van der Waals surface area contributed by atoms with Crippen LogP contribution in [-0.2, 0) is 0 Å². The molecule has 1 aliphatic carbocycles. The fraction of sp³-hybridized carbons (Fsp3) is 0.500. The second-order valence-electron chi connectivity index (χ2n) is 4.75. The fourth-order valence-electron chi connectivity index (χ4n) is 2.56. The molecule has 0 amide bonds. The Morgan fingerprint density at radius 3 is 2.78 bits per heavy atom. The van der Waals surface area contributed by atoms with Gasteiger partial charge in [0.15, 0.2) is 5.65 Å². The van der Waals surface area contributed by atoms with Gasteiger partial charge in [0.05, 0.1) is 0 Å². The molecule has 2 aromatic rings. The number of alkyl halides is 2. The highest BCUT2D eigenvalue weighted by atomic mass is 35.5. The average molecular weight is 272 g/mol. The summed E-state index contributed by atoms with van der Waals surface area (Å²) in [5.74, 6) is -2.42. The van der Waals surface area contributed by atoms with E-state index in [2.05, 4.69) is 10.1 Å². The van der Waals surface area contributed by atoms with Crippen LogP contribution in [0, 0.1) is 0 Å². The molecule has 0 radical (unpaired) electrons. The first kappa shape index (κ1) is 11.8. The van der Waals surface area contributed by atoms with E-state index < -0.39 is 5.92 Å². The van der Waals surface area contributed by atoms with Gasteiger partial charge in [0.2, 0.25) is 5.92 Å². The van der Waals surface area contributed by atoms with Crippen LogP contribution in [-0.4, -0.2) is 20.5 Å². The van der Waals surface area contributed by atoms with Crippen LogP contribution in [0.15, 0.2) is 18.5 Å². The van der Waals surface area contributed by atoms with E-state index in [4.69, 9.17) is 11.6 Å². The van der Waals surface area contributed by atoms with Gasteiger partial charge in [-0.15, -0.1) is 0 Å². The summed E-state index contributed by atoms with van der Waals surface area (Å²) in [6, 6.07) is 1.75. The van der Waals surface area contributed by atoms with Crippen molar-refractivity contribution in [3.63, 3.8) is 0 Å². The van der Waals surface area contributed by atoms with E-state index in [1.165, 1.54) is 0 Å². The lowest BCUT2D eigenvalue weighted by Crippen LogP contribution is -2.24. The van der Waals surface area contributed by atoms with Crippen molar-refractivity contribution in [1.82, 2.24) is 14.6 Å². The molecular weight excluding hydrogens is 260 g/mol. The topological polar surface area (TPSA) is 30.2 Å². The number of hydrogen-bond donors (Lipinski definition) is 0. The SMILES string of the molecule is FC1(F)CCC(c2cc(Cl)nn3ccnc23)CC1. The molecule has 0 saturated heterocycles. The summed E-state index contributed by atoms with van der Waals surface area (Å²) in [5, 5.41) is 4.46. The number of aromatic nitrogens is 3. The van der Waals surface area contributed by atoms with Crippen LogP contribution in [0.25, 0.3) is 5.65 Å². The molecule has 0 spiro atoms. The molecule has 0 N–H and O–H groups in total. The Balaban J connectivity index is 1.97. The lowest BCUT2D eigenvalue weighted by Gasteiger charge is -2.28. The molecule has 1 fully saturated rings. The standard InChI is InChI=1S/C12H12ClF2N3/c13-10-7-9(11-16-5-6-18(11)17-10)8-1-3-12(14,15)4-2-8/h5-8H,1-4H2. The lowest BCUT2D eigenvalue weighted by atomic mass is 9.83. The minimum atomic E-state index is -2.51. The van der Waals surface area contributed by atoms with E-state index in [9.17, 15) is 8.78 Å². The van der Waals surface area contributed by atoms with Crippen LogP contribution in [0.4, 0.5) is 8.78 Å². The van der Waals surface area contributed by atoms with E-state index in [0.717, 1.165) is 11.2 Å². The van der Waals surface area contributed by atoms with Gasteiger partial charge in [-0.25, -0.2) is 18.3 Å². The number of hydrogen-bond acceptors (Lipinski definition) is 2. The first-order valence-electron chi connectivity index (χ1n) is 5.93. The van der Waals surface area contributed by atoms with Crippen molar-refractivity contribution in [3.05, 3.63) is 29.2 Å². The minimum Gasteiger partial charge on any atom is -0.235 e. The van der Waals surface area contributed by atoms with Crippen LogP contribution in [0.1, 0.15) is 37.2 Å². The summed E-state index contributed by atoms with van der Waals surface area (Å²) in [6.45, 7) is 0. The van der Waals surface area contributed by atoms with Crippen LogP contribution in [0.3, 0.4) is 0 Å². The van der Waals surface area contributed by atoms with Gasteiger partial charge in [-0.1, -0.05) is 11.6 Å². The second kappa shape index (κ2) is 4.16. The molecule has 18 heavy (non-hydrogen) atoms. The molecule has 6 heteroatoms. The van der Waals surface area contributed by atoms with Crippen molar-refractivity contribution in [3.8, 4) is 0 Å². The zero-order chi connectivity index (χ0) is 12.8. The predicted octanol–water partition coefficient (Wildman–Crippen LogP) is 3.68. The molecule has 1 aliphatic rings. The summed E-state index contributed by atoms with van der Waals surface area (Å²) in [4.78, 5) is 4.23. The molecule has 0 atom stereocenters. The Kier molecular flexibility index (Phi) is 2.73. The van der Waals surface area contributed by atoms with Gasteiger partial charge in [-0.05, 0) is 24.8 Å². The Labute approximate surface area is 108 Å². The molecule has 0 bridgehead atoms. The molecular formula is C12H12ClF2N3. The first-order chi connectivity index (χ1) is 8.55. The van der Waals surface area contributed by atoms with Gasteiger partial charge in [0.1, 0.15) is 5.15 Å². The van der Waals surface area contributed by atoms with Crippen molar-refractivity contribution in [2.24, 2.45) is 0 Å². The van der Waals surface area contributed by atoms with Crippen molar-refractivity contribution >= 4 is 17.2 Å². The highest BCUT2D eigenvalue weighted by Crippen LogP contribution is 2.41. The van der Waals surface area contributed by atoms with Gasteiger partial charge in [-0.3, -0.25) is 0 Å². The third-order valence-electron chi connectivity index (χ3n) is 3.51. The first-order valence-corrected chi connectivity index (χ1v) is 6.31. The van der Waals surface area contributed by atoms with Gasteiger partial charge < -0.3 is 0 Å². The van der Waals surface area contributed by atoms with Gasteiger partial charge in [-0.2, -0.15) is 5.10 Å². The number of fused-ring (bicyclic) bond motifs is 1. The molecule has 3 rings (SSSR count). The second-order valence-corrected chi connectivity index (χ2v) is 5.14. The molecule has 0 aliphatic heterocycles. The maximum absolute atomic E-state index is 13.2. The number of rotatable bonds is 1. The molecule has 1 saturated carbocycles. The van der Waals surface area contributed by atoms with E-state index in [1.54, 1.807) is 23.0 Å². The summed E-state index contributed by atoms with van der Waals surface area (Å²) in [6.07, 6.45) is 4.16. The lowest BCUT2D eigenvalue weighted by molar-refractivity contribution is -0.0381. The maximum atomic E-state index is 13.2. The van der Waals surface area contributed by atoms with E-state index >= 15 is 0 Å². The van der Waals surface area contributed by atoms with Gasteiger partial charge in [0.25, 0.3) is 0 Å². The Morgan fingerprint density at radius 2 is 2.06 bits per heavy atom. The molecule has 0 aromatic carbocycles. The average Bonchev–Trinajstić information content (AvgIpc) is 2.76. The highest BCUT2D eigenvalue weighted by molar-refractivity contribution is 6.29. The summed E-state index contributed by atoms with van der Waals surface area (Å²) >= 11 is 5.95. The van der Waals surface area contributed by atoms with Gasteiger partial charge >= 0.3 is 0 Å². The van der Waals surface area contributed by atoms with E-state index in [-0.39, 0.29) is 18.8 Å².